The Kier molecular flexibility index (Phi) is 9.23. The summed E-state index contributed by atoms with van der Waals surface area (Å²) in [4.78, 5) is 29.5. The summed E-state index contributed by atoms with van der Waals surface area (Å²) in [5.74, 6) is -0.223. The standard InChI is InChI=1S/C30H33N3O6S/c1-38-28-10-6-3-7-20(28)11-16-29(35)33-18-25(30(31)24-17-32-26-9-5-4-8-23(24)26)27(34)19-39-21-12-14-22(15-13-21)40(2,36)37/h3-10,12-15,17,25,30,32H,11,16,18-19,31H2,1-2H3,(H,33,35). The molecule has 0 spiro atoms. The first kappa shape index (κ1) is 28.8. The summed E-state index contributed by atoms with van der Waals surface area (Å²) in [6, 6.07) is 20.3. The molecule has 0 bridgehead atoms. The van der Waals surface area contributed by atoms with Crippen molar-refractivity contribution < 1.29 is 27.5 Å². The molecule has 0 saturated carbocycles. The molecule has 4 rings (SSSR count). The van der Waals surface area contributed by atoms with E-state index in [9.17, 15) is 18.0 Å². The number of hydrogen-bond acceptors (Lipinski definition) is 7. The molecule has 2 atom stereocenters. The number of carbonyl (C=O) groups is 2. The van der Waals surface area contributed by atoms with Gasteiger partial charge in [-0.15, -0.1) is 0 Å². The molecule has 9 nitrogen and oxygen atoms in total. The Labute approximate surface area is 233 Å². The Hall–Kier alpha value is -4.15. The maximum atomic E-state index is 13.4. The molecule has 0 aliphatic carbocycles. The third-order valence-corrected chi connectivity index (χ3v) is 7.92. The number of para-hydroxylation sites is 2. The Morgan fingerprint density at radius 1 is 1.00 bits per heavy atom. The van der Waals surface area contributed by atoms with Crippen molar-refractivity contribution in [2.75, 3.05) is 26.5 Å². The highest BCUT2D eigenvalue weighted by atomic mass is 32.2. The highest BCUT2D eigenvalue weighted by Gasteiger charge is 2.29. The van der Waals surface area contributed by atoms with E-state index >= 15 is 0 Å². The minimum Gasteiger partial charge on any atom is -0.496 e. The van der Waals surface area contributed by atoms with Gasteiger partial charge in [0.1, 0.15) is 18.1 Å². The molecule has 1 aromatic heterocycles. The van der Waals surface area contributed by atoms with Crippen LogP contribution < -0.4 is 20.5 Å². The lowest BCUT2D eigenvalue weighted by molar-refractivity contribution is -0.126. The number of nitrogens with two attached hydrogens (primary N) is 1. The molecule has 0 aliphatic heterocycles. The second kappa shape index (κ2) is 12.8. The molecule has 4 aromatic rings. The monoisotopic (exact) mass is 563 g/mol. The number of ketones is 1. The van der Waals surface area contributed by atoms with Crippen LogP contribution in [-0.4, -0.2) is 51.6 Å². The summed E-state index contributed by atoms with van der Waals surface area (Å²) in [6.07, 6.45) is 3.60. The quantitative estimate of drug-likeness (QED) is 0.226. The van der Waals surface area contributed by atoms with E-state index in [4.69, 9.17) is 15.2 Å². The van der Waals surface area contributed by atoms with E-state index in [-0.39, 0.29) is 36.2 Å². The summed E-state index contributed by atoms with van der Waals surface area (Å²) in [6.45, 7) is -0.267. The van der Waals surface area contributed by atoms with Crippen LogP contribution in [0.1, 0.15) is 23.6 Å². The van der Waals surface area contributed by atoms with Gasteiger partial charge in [-0.05, 0) is 53.9 Å². The fraction of sp³-hybridized carbons (Fsp3) is 0.267. The van der Waals surface area contributed by atoms with Crippen LogP contribution in [0, 0.1) is 5.92 Å². The number of nitrogens with one attached hydrogen (secondary N) is 2. The number of aromatic amines is 1. The molecular weight excluding hydrogens is 530 g/mol. The van der Waals surface area contributed by atoms with Gasteiger partial charge in [-0.3, -0.25) is 9.59 Å². The molecule has 210 valence electrons. The van der Waals surface area contributed by atoms with Crippen molar-refractivity contribution in [3.8, 4) is 11.5 Å². The highest BCUT2D eigenvalue weighted by molar-refractivity contribution is 7.90. The summed E-state index contributed by atoms with van der Waals surface area (Å²) in [7, 11) is -1.76. The predicted octanol–water partition coefficient (Wildman–Crippen LogP) is 3.59. The molecule has 0 radical (unpaired) electrons. The first-order valence-electron chi connectivity index (χ1n) is 12.8. The maximum absolute atomic E-state index is 13.4. The van der Waals surface area contributed by atoms with Gasteiger partial charge in [0.2, 0.25) is 5.91 Å². The summed E-state index contributed by atoms with van der Waals surface area (Å²) < 4.78 is 34.5. The minimum atomic E-state index is -3.35. The second-order valence-electron chi connectivity index (χ2n) is 9.54. The Morgan fingerprint density at radius 3 is 2.42 bits per heavy atom. The van der Waals surface area contributed by atoms with Gasteiger partial charge in [-0.2, -0.15) is 0 Å². The molecule has 2 unspecified atom stereocenters. The molecule has 0 saturated heterocycles. The van der Waals surface area contributed by atoms with E-state index in [0.717, 1.165) is 28.3 Å². The number of benzene rings is 3. The van der Waals surface area contributed by atoms with Crippen LogP contribution in [0.3, 0.4) is 0 Å². The largest absolute Gasteiger partial charge is 0.496 e. The number of fused-ring (bicyclic) bond motifs is 1. The predicted molar refractivity (Wildman–Crippen MR) is 153 cm³/mol. The average molecular weight is 564 g/mol. The van der Waals surface area contributed by atoms with Gasteiger partial charge in [-0.25, -0.2) is 8.42 Å². The Balaban J connectivity index is 1.46. The van der Waals surface area contributed by atoms with Crippen LogP contribution in [0.4, 0.5) is 0 Å². The fourth-order valence-corrected chi connectivity index (χ4v) is 5.17. The molecule has 4 N–H and O–H groups in total. The zero-order chi connectivity index (χ0) is 28.7. The van der Waals surface area contributed by atoms with Crippen molar-refractivity contribution in [2.45, 2.75) is 23.8 Å². The van der Waals surface area contributed by atoms with E-state index in [0.29, 0.717) is 17.9 Å². The van der Waals surface area contributed by atoms with Crippen molar-refractivity contribution in [1.82, 2.24) is 10.3 Å². The van der Waals surface area contributed by atoms with Crippen LogP contribution in [0.15, 0.2) is 83.9 Å². The Bertz CT molecular complexity index is 1580. The number of amides is 1. The maximum Gasteiger partial charge on any atom is 0.220 e. The van der Waals surface area contributed by atoms with Gasteiger partial charge in [0, 0.05) is 42.4 Å². The zero-order valence-electron chi connectivity index (χ0n) is 22.4. The van der Waals surface area contributed by atoms with Gasteiger partial charge in [0.25, 0.3) is 0 Å². The molecule has 3 aromatic carbocycles. The minimum absolute atomic E-state index is 0.0284. The molecule has 1 heterocycles. The van der Waals surface area contributed by atoms with Crippen LogP contribution in [-0.2, 0) is 25.8 Å². The van der Waals surface area contributed by atoms with Gasteiger partial charge >= 0.3 is 0 Å². The second-order valence-corrected chi connectivity index (χ2v) is 11.6. The highest BCUT2D eigenvalue weighted by Crippen LogP contribution is 2.28. The third kappa shape index (κ3) is 7.08. The molecule has 0 fully saturated rings. The van der Waals surface area contributed by atoms with Gasteiger partial charge < -0.3 is 25.5 Å². The SMILES string of the molecule is COc1ccccc1CCC(=O)NCC(C(=O)COc1ccc(S(C)(=O)=O)cc1)C(N)c1c[nH]c2ccccc12. The lowest BCUT2D eigenvalue weighted by Gasteiger charge is -2.23. The Morgan fingerprint density at radius 2 is 1.70 bits per heavy atom. The molecular formula is C30H33N3O6S. The van der Waals surface area contributed by atoms with Crippen molar-refractivity contribution in [1.29, 1.82) is 0 Å². The van der Waals surface area contributed by atoms with Crippen LogP contribution >= 0.6 is 0 Å². The van der Waals surface area contributed by atoms with Gasteiger partial charge in [0.05, 0.1) is 17.9 Å². The summed E-state index contributed by atoms with van der Waals surface area (Å²) >= 11 is 0. The number of hydrogen-bond donors (Lipinski definition) is 3. The lowest BCUT2D eigenvalue weighted by Crippen LogP contribution is -2.40. The third-order valence-electron chi connectivity index (χ3n) is 6.79. The topological polar surface area (TPSA) is 141 Å². The number of aromatic nitrogens is 1. The van der Waals surface area contributed by atoms with Crippen molar-refractivity contribution >= 4 is 32.4 Å². The van der Waals surface area contributed by atoms with Gasteiger partial charge in [-0.1, -0.05) is 36.4 Å². The number of ether oxygens (including phenoxy) is 2. The zero-order valence-corrected chi connectivity index (χ0v) is 23.2. The van der Waals surface area contributed by atoms with Crippen molar-refractivity contribution in [3.05, 3.63) is 90.1 Å². The van der Waals surface area contributed by atoms with Crippen LogP contribution in [0.2, 0.25) is 0 Å². The van der Waals surface area contributed by atoms with E-state index in [1.54, 1.807) is 13.3 Å². The smallest absolute Gasteiger partial charge is 0.220 e. The normalized spacial score (nSPS) is 13.0. The number of Topliss-reactive ketones (excluding diaryl/α,β-unsaturated/α-hetero) is 1. The molecule has 10 heteroatoms. The van der Waals surface area contributed by atoms with Crippen LogP contribution in [0.5, 0.6) is 11.5 Å². The molecule has 0 aliphatic rings. The molecule has 1 amide bonds. The van der Waals surface area contributed by atoms with E-state index in [2.05, 4.69) is 10.3 Å². The number of sulfone groups is 1. The van der Waals surface area contributed by atoms with E-state index in [1.807, 2.05) is 48.5 Å². The van der Waals surface area contributed by atoms with Crippen LogP contribution in [0.25, 0.3) is 10.9 Å². The van der Waals surface area contributed by atoms with E-state index < -0.39 is 21.8 Å². The van der Waals surface area contributed by atoms with Gasteiger partial charge in [0.15, 0.2) is 15.6 Å². The number of aryl methyl sites for hydroxylation is 1. The lowest BCUT2D eigenvalue weighted by atomic mass is 9.90. The summed E-state index contributed by atoms with van der Waals surface area (Å²) in [5.41, 5.74) is 9.21. The number of rotatable bonds is 13. The first-order valence-corrected chi connectivity index (χ1v) is 14.7. The van der Waals surface area contributed by atoms with Crippen molar-refractivity contribution in [3.63, 3.8) is 0 Å². The molecule has 40 heavy (non-hydrogen) atoms. The first-order chi connectivity index (χ1) is 19.2. The number of carbonyl (C=O) groups excluding carboxylic acids is 2. The average Bonchev–Trinajstić information content (AvgIpc) is 3.39. The van der Waals surface area contributed by atoms with E-state index in [1.165, 1.54) is 24.3 Å². The number of H-pyrrole nitrogens is 1. The van der Waals surface area contributed by atoms with Crippen molar-refractivity contribution in [2.24, 2.45) is 11.7 Å². The summed E-state index contributed by atoms with van der Waals surface area (Å²) in [5, 5.41) is 3.77. The number of methoxy groups -OCH3 is 1. The fourth-order valence-electron chi connectivity index (χ4n) is 4.54.